The van der Waals surface area contributed by atoms with E-state index in [9.17, 15) is 22.8 Å². The highest BCUT2D eigenvalue weighted by Gasteiger charge is 2.36. The number of fused-ring (bicyclic) bond motifs is 1. The van der Waals surface area contributed by atoms with Gasteiger partial charge in [-0.25, -0.2) is 8.42 Å². The number of nitrogens with zero attached hydrogens (tertiary/aromatic N) is 1. The number of carbonyl (C=O) groups excluding carboxylic acids is 3. The quantitative estimate of drug-likeness (QED) is 0.493. The van der Waals surface area contributed by atoms with Crippen molar-refractivity contribution in [2.45, 2.75) is 47.6 Å². The molecule has 0 aromatic heterocycles. The molecule has 33 heavy (non-hydrogen) atoms. The van der Waals surface area contributed by atoms with Crippen molar-refractivity contribution in [3.8, 4) is 0 Å². The largest absolute Gasteiger partial charge is 0.341 e. The van der Waals surface area contributed by atoms with Gasteiger partial charge in [0.15, 0.2) is 11.0 Å². The van der Waals surface area contributed by atoms with Crippen molar-refractivity contribution in [3.05, 3.63) is 48.0 Å². The predicted octanol–water partition coefficient (Wildman–Crippen LogP) is 3.51. The third-order valence-corrected chi connectivity index (χ3v) is 8.31. The molecule has 1 fully saturated rings. The second-order valence-electron chi connectivity index (χ2n) is 8.13. The molecule has 2 aliphatic rings. The van der Waals surface area contributed by atoms with Crippen molar-refractivity contribution in [2.75, 3.05) is 23.1 Å². The normalized spacial score (nSPS) is 18.6. The zero-order chi connectivity index (χ0) is 23.6. The van der Waals surface area contributed by atoms with E-state index in [4.69, 9.17) is 0 Å². The number of likely N-dealkylation sites (tertiary alicyclic amines) is 1. The molecule has 2 aromatic carbocycles. The first-order chi connectivity index (χ1) is 15.7. The first-order valence-electron chi connectivity index (χ1n) is 10.8. The van der Waals surface area contributed by atoms with Gasteiger partial charge < -0.3 is 10.2 Å². The lowest BCUT2D eigenvalue weighted by molar-refractivity contribution is -0.133. The molecule has 0 radical (unpaired) electrons. The van der Waals surface area contributed by atoms with Crippen molar-refractivity contribution in [1.29, 1.82) is 0 Å². The lowest BCUT2D eigenvalue weighted by Crippen LogP contribution is -2.45. The van der Waals surface area contributed by atoms with Crippen LogP contribution in [0.2, 0.25) is 0 Å². The molecule has 1 saturated heterocycles. The standard InChI is InChI=1S/C23H25N3O5S2/c1-15(27)16-7-6-8-17(13-16)25-33(30,31)18-9-10-20-19(14-18)24-22(28)21(32-20)23(29)26-11-4-2-3-5-12-26/h6-10,13-14,21,25H,2-5,11-12H2,1H3,(H,24,28)/t21-/m0/s1. The van der Waals surface area contributed by atoms with Gasteiger partial charge in [0.1, 0.15) is 0 Å². The Morgan fingerprint density at radius 2 is 1.79 bits per heavy atom. The van der Waals surface area contributed by atoms with E-state index in [-0.39, 0.29) is 22.3 Å². The van der Waals surface area contributed by atoms with Gasteiger partial charge in [-0.3, -0.25) is 19.1 Å². The lowest BCUT2D eigenvalue weighted by Gasteiger charge is -2.28. The first kappa shape index (κ1) is 23.3. The molecular formula is C23H25N3O5S2. The number of amides is 2. The number of rotatable bonds is 5. The van der Waals surface area contributed by atoms with E-state index in [2.05, 4.69) is 10.0 Å². The number of nitrogens with one attached hydrogen (secondary N) is 2. The lowest BCUT2D eigenvalue weighted by atomic mass is 10.1. The van der Waals surface area contributed by atoms with Crippen LogP contribution in [0.1, 0.15) is 43.0 Å². The molecule has 2 N–H and O–H groups in total. The summed E-state index contributed by atoms with van der Waals surface area (Å²) in [6.07, 6.45) is 4.04. The maximum atomic E-state index is 12.9. The van der Waals surface area contributed by atoms with Crippen LogP contribution in [0.4, 0.5) is 11.4 Å². The SMILES string of the molecule is CC(=O)c1cccc(NS(=O)(=O)c2ccc3c(c2)NC(=O)[C@@H](C(=O)N2CCCCCC2)S3)c1. The Balaban J connectivity index is 1.53. The van der Waals surface area contributed by atoms with Crippen LogP contribution in [0.5, 0.6) is 0 Å². The minimum Gasteiger partial charge on any atom is -0.341 e. The summed E-state index contributed by atoms with van der Waals surface area (Å²) in [5.41, 5.74) is 1.01. The molecule has 2 amide bonds. The summed E-state index contributed by atoms with van der Waals surface area (Å²) in [5.74, 6) is -0.818. The number of benzene rings is 2. The Hall–Kier alpha value is -2.85. The Morgan fingerprint density at radius 3 is 2.48 bits per heavy atom. The molecule has 0 saturated carbocycles. The van der Waals surface area contributed by atoms with Crippen LogP contribution in [-0.2, 0) is 19.6 Å². The molecule has 2 aliphatic heterocycles. The summed E-state index contributed by atoms with van der Waals surface area (Å²) in [6.45, 7) is 2.72. The van der Waals surface area contributed by atoms with E-state index >= 15 is 0 Å². The fourth-order valence-corrected chi connectivity index (χ4v) is 6.02. The molecule has 0 bridgehead atoms. The van der Waals surface area contributed by atoms with Gasteiger partial charge in [-0.05, 0) is 50.1 Å². The Labute approximate surface area is 197 Å². The smallest absolute Gasteiger partial charge is 0.261 e. The number of carbonyl (C=O) groups is 3. The average molecular weight is 488 g/mol. The van der Waals surface area contributed by atoms with E-state index in [1.54, 1.807) is 29.2 Å². The highest BCUT2D eigenvalue weighted by Crippen LogP contribution is 2.38. The molecule has 0 unspecified atom stereocenters. The van der Waals surface area contributed by atoms with Gasteiger partial charge in [-0.15, -0.1) is 11.8 Å². The van der Waals surface area contributed by atoms with E-state index in [1.807, 2.05) is 0 Å². The number of ketones is 1. The molecule has 2 heterocycles. The molecule has 0 spiro atoms. The van der Waals surface area contributed by atoms with Crippen molar-refractivity contribution < 1.29 is 22.8 Å². The van der Waals surface area contributed by atoms with Crippen molar-refractivity contribution in [2.24, 2.45) is 0 Å². The summed E-state index contributed by atoms with van der Waals surface area (Å²) in [6, 6.07) is 10.6. The van der Waals surface area contributed by atoms with Gasteiger partial charge in [-0.1, -0.05) is 25.0 Å². The van der Waals surface area contributed by atoms with E-state index in [0.717, 1.165) is 37.4 Å². The predicted molar refractivity (Wildman–Crippen MR) is 127 cm³/mol. The van der Waals surface area contributed by atoms with Crippen molar-refractivity contribution in [1.82, 2.24) is 4.90 Å². The molecule has 8 nitrogen and oxygen atoms in total. The highest BCUT2D eigenvalue weighted by atomic mass is 32.2. The van der Waals surface area contributed by atoms with Crippen LogP contribution in [0.25, 0.3) is 0 Å². The van der Waals surface area contributed by atoms with E-state index in [0.29, 0.717) is 29.2 Å². The monoisotopic (exact) mass is 487 g/mol. The third-order valence-electron chi connectivity index (χ3n) is 5.67. The summed E-state index contributed by atoms with van der Waals surface area (Å²) >= 11 is 1.15. The molecule has 0 aliphatic carbocycles. The average Bonchev–Trinajstić information content (AvgIpc) is 3.07. The van der Waals surface area contributed by atoms with Crippen molar-refractivity contribution in [3.63, 3.8) is 0 Å². The molecule has 10 heteroatoms. The van der Waals surface area contributed by atoms with Gasteiger partial charge in [0.25, 0.3) is 10.0 Å². The van der Waals surface area contributed by atoms with E-state index in [1.165, 1.54) is 25.1 Å². The highest BCUT2D eigenvalue weighted by molar-refractivity contribution is 8.01. The van der Waals surface area contributed by atoms with E-state index < -0.39 is 21.2 Å². The summed E-state index contributed by atoms with van der Waals surface area (Å²) in [4.78, 5) is 39.6. The number of hydrogen-bond acceptors (Lipinski definition) is 6. The molecule has 1 atom stereocenters. The number of Topliss-reactive ketones (excluding diaryl/α,β-unsaturated/α-hetero) is 1. The maximum Gasteiger partial charge on any atom is 0.261 e. The summed E-state index contributed by atoms with van der Waals surface area (Å²) in [7, 11) is -3.95. The Kier molecular flexibility index (Phi) is 6.76. The zero-order valence-corrected chi connectivity index (χ0v) is 19.8. The Morgan fingerprint density at radius 1 is 1.06 bits per heavy atom. The van der Waals surface area contributed by atoms with Crippen LogP contribution >= 0.6 is 11.8 Å². The van der Waals surface area contributed by atoms with Gasteiger partial charge in [-0.2, -0.15) is 0 Å². The molecule has 174 valence electrons. The first-order valence-corrected chi connectivity index (χ1v) is 13.1. The molecular weight excluding hydrogens is 462 g/mol. The maximum absolute atomic E-state index is 12.9. The molecule has 2 aromatic rings. The van der Waals surface area contributed by atoms with Crippen LogP contribution < -0.4 is 10.0 Å². The molecule has 4 rings (SSSR count). The van der Waals surface area contributed by atoms with Gasteiger partial charge in [0.05, 0.1) is 10.6 Å². The topological polar surface area (TPSA) is 113 Å². The summed E-state index contributed by atoms with van der Waals surface area (Å²) < 4.78 is 28.2. The van der Waals surface area contributed by atoms with Crippen LogP contribution in [0.15, 0.2) is 52.3 Å². The zero-order valence-electron chi connectivity index (χ0n) is 18.2. The summed E-state index contributed by atoms with van der Waals surface area (Å²) in [5, 5.41) is 1.82. The fourth-order valence-electron chi connectivity index (χ4n) is 3.89. The van der Waals surface area contributed by atoms with Gasteiger partial charge >= 0.3 is 0 Å². The minimum atomic E-state index is -3.95. The second kappa shape index (κ2) is 9.56. The van der Waals surface area contributed by atoms with Gasteiger partial charge in [0, 0.05) is 29.2 Å². The van der Waals surface area contributed by atoms with Gasteiger partial charge in [0.2, 0.25) is 11.8 Å². The number of anilines is 2. The van der Waals surface area contributed by atoms with Crippen LogP contribution in [0, 0.1) is 0 Å². The minimum absolute atomic E-state index is 0.0346. The number of sulfonamides is 1. The Bertz CT molecular complexity index is 1200. The number of thioether (sulfide) groups is 1. The van der Waals surface area contributed by atoms with Crippen LogP contribution in [0.3, 0.4) is 0 Å². The van der Waals surface area contributed by atoms with Crippen LogP contribution in [-0.4, -0.2) is 49.3 Å². The fraction of sp³-hybridized carbons (Fsp3) is 0.348. The van der Waals surface area contributed by atoms with Crippen molar-refractivity contribution >= 4 is 50.8 Å². The third kappa shape index (κ3) is 5.22. The number of hydrogen-bond donors (Lipinski definition) is 2. The second-order valence-corrected chi connectivity index (χ2v) is 11.0.